The monoisotopic (exact) mass is 269 g/mol. The molecule has 1 saturated carbocycles. The maximum atomic E-state index is 13.5. The second-order valence-electron chi connectivity index (χ2n) is 3.66. The van der Waals surface area contributed by atoms with Crippen LogP contribution in [0.2, 0.25) is 0 Å². The van der Waals surface area contributed by atoms with E-state index in [0.29, 0.717) is 10.0 Å². The van der Waals surface area contributed by atoms with Crippen LogP contribution >= 0.6 is 15.9 Å². The van der Waals surface area contributed by atoms with Crippen molar-refractivity contribution in [3.8, 4) is 11.8 Å². The number of nitriles is 1. The molecule has 0 aliphatic heterocycles. The van der Waals surface area contributed by atoms with E-state index in [1.165, 1.54) is 13.2 Å². The molecule has 1 fully saturated rings. The van der Waals surface area contributed by atoms with Crippen molar-refractivity contribution in [2.75, 3.05) is 7.11 Å². The van der Waals surface area contributed by atoms with Crippen LogP contribution in [0.5, 0.6) is 5.75 Å². The summed E-state index contributed by atoms with van der Waals surface area (Å²) in [5, 5.41) is 9.07. The Bertz CT molecular complexity index is 449. The molecule has 4 heteroatoms. The first-order valence-electron chi connectivity index (χ1n) is 4.58. The van der Waals surface area contributed by atoms with Crippen molar-refractivity contribution in [3.05, 3.63) is 28.0 Å². The smallest absolute Gasteiger partial charge is 0.166 e. The van der Waals surface area contributed by atoms with E-state index in [9.17, 15) is 4.39 Å². The van der Waals surface area contributed by atoms with Crippen LogP contribution in [0.25, 0.3) is 0 Å². The third kappa shape index (κ3) is 1.61. The van der Waals surface area contributed by atoms with Gasteiger partial charge >= 0.3 is 0 Å². The lowest BCUT2D eigenvalue weighted by molar-refractivity contribution is 0.379. The summed E-state index contributed by atoms with van der Waals surface area (Å²) < 4.78 is 19.2. The molecule has 1 aromatic carbocycles. The van der Waals surface area contributed by atoms with Gasteiger partial charge in [0.1, 0.15) is 0 Å². The largest absolute Gasteiger partial charge is 0.493 e. The molecule has 0 heterocycles. The van der Waals surface area contributed by atoms with Crippen molar-refractivity contribution < 1.29 is 9.13 Å². The predicted octanol–water partition coefficient (Wildman–Crippen LogP) is 3.15. The number of methoxy groups -OCH3 is 1. The summed E-state index contributed by atoms with van der Waals surface area (Å²) in [6.07, 6.45) is 1.55. The summed E-state index contributed by atoms with van der Waals surface area (Å²) in [6, 6.07) is 5.34. The van der Waals surface area contributed by atoms with Gasteiger partial charge in [-0.05, 0) is 25.0 Å². The van der Waals surface area contributed by atoms with Crippen molar-refractivity contribution in [1.82, 2.24) is 0 Å². The van der Waals surface area contributed by atoms with Gasteiger partial charge in [0, 0.05) is 10.0 Å². The number of hydrogen-bond acceptors (Lipinski definition) is 2. The van der Waals surface area contributed by atoms with Gasteiger partial charge in [0.15, 0.2) is 11.6 Å². The first kappa shape index (κ1) is 10.4. The van der Waals surface area contributed by atoms with Crippen molar-refractivity contribution >= 4 is 15.9 Å². The number of hydrogen-bond donors (Lipinski definition) is 0. The summed E-state index contributed by atoms with van der Waals surface area (Å²) in [5.41, 5.74) is 0.120. The molecule has 78 valence electrons. The van der Waals surface area contributed by atoms with Crippen LogP contribution in [0.1, 0.15) is 18.4 Å². The number of ether oxygens (including phenoxy) is 1. The Hall–Kier alpha value is -1.08. The second kappa shape index (κ2) is 3.49. The molecular weight excluding hydrogens is 261 g/mol. The molecule has 0 N–H and O–H groups in total. The topological polar surface area (TPSA) is 33.0 Å². The highest BCUT2D eigenvalue weighted by Crippen LogP contribution is 2.51. The first-order valence-corrected chi connectivity index (χ1v) is 5.37. The molecule has 1 aliphatic carbocycles. The fraction of sp³-hybridized carbons (Fsp3) is 0.364. The van der Waals surface area contributed by atoms with E-state index in [1.807, 2.05) is 0 Å². The number of halogens is 2. The summed E-state index contributed by atoms with van der Waals surface area (Å²) >= 11 is 3.22. The second-order valence-corrected chi connectivity index (χ2v) is 4.58. The Balaban J connectivity index is 2.60. The van der Waals surface area contributed by atoms with Crippen LogP contribution < -0.4 is 4.74 Å². The van der Waals surface area contributed by atoms with E-state index in [-0.39, 0.29) is 5.75 Å². The van der Waals surface area contributed by atoms with Crippen LogP contribution in [0.15, 0.2) is 16.6 Å². The lowest BCUT2D eigenvalue weighted by Gasteiger charge is -2.13. The Morgan fingerprint density at radius 3 is 2.67 bits per heavy atom. The average Bonchev–Trinajstić information content (AvgIpc) is 2.97. The fourth-order valence-electron chi connectivity index (χ4n) is 1.69. The van der Waals surface area contributed by atoms with Gasteiger partial charge in [0.2, 0.25) is 0 Å². The van der Waals surface area contributed by atoms with Crippen LogP contribution in [0.4, 0.5) is 4.39 Å². The van der Waals surface area contributed by atoms with Crippen LogP contribution in [0.3, 0.4) is 0 Å². The summed E-state index contributed by atoms with van der Waals surface area (Å²) in [4.78, 5) is 0. The lowest BCUT2D eigenvalue weighted by Crippen LogP contribution is -2.07. The number of benzene rings is 1. The quantitative estimate of drug-likeness (QED) is 0.827. The minimum Gasteiger partial charge on any atom is -0.493 e. The summed E-state index contributed by atoms with van der Waals surface area (Å²) in [6.45, 7) is 0. The van der Waals surface area contributed by atoms with Crippen LogP contribution in [-0.2, 0) is 5.41 Å². The Labute approximate surface area is 95.8 Å². The fourth-order valence-corrected chi connectivity index (χ4v) is 2.12. The minimum absolute atomic E-state index is 0.192. The average molecular weight is 270 g/mol. The molecular formula is C11H9BrFNO. The van der Waals surface area contributed by atoms with E-state index >= 15 is 0 Å². The van der Waals surface area contributed by atoms with Gasteiger partial charge in [0.25, 0.3) is 0 Å². The third-order valence-corrected chi connectivity index (χ3v) is 3.15. The molecule has 1 aliphatic rings. The van der Waals surface area contributed by atoms with E-state index in [4.69, 9.17) is 10.00 Å². The maximum absolute atomic E-state index is 13.5. The molecule has 0 spiro atoms. The highest BCUT2D eigenvalue weighted by Gasteiger charge is 2.47. The zero-order valence-electron chi connectivity index (χ0n) is 8.18. The van der Waals surface area contributed by atoms with Gasteiger partial charge < -0.3 is 4.74 Å². The Morgan fingerprint density at radius 2 is 2.20 bits per heavy atom. The molecule has 1 aromatic rings. The van der Waals surface area contributed by atoms with Gasteiger partial charge in [0.05, 0.1) is 18.6 Å². The van der Waals surface area contributed by atoms with E-state index in [2.05, 4.69) is 22.0 Å². The minimum atomic E-state index is -0.532. The molecule has 2 rings (SSSR count). The lowest BCUT2D eigenvalue weighted by atomic mass is 9.96. The van der Waals surface area contributed by atoms with Crippen LogP contribution in [0, 0.1) is 17.1 Å². The van der Waals surface area contributed by atoms with E-state index < -0.39 is 11.2 Å². The molecule has 0 unspecified atom stereocenters. The molecule has 0 radical (unpaired) electrons. The normalized spacial score (nSPS) is 16.9. The molecule has 0 amide bonds. The summed E-state index contributed by atoms with van der Waals surface area (Å²) in [7, 11) is 1.42. The number of rotatable bonds is 2. The zero-order chi connectivity index (χ0) is 11.1. The number of nitrogens with zero attached hydrogens (tertiary/aromatic N) is 1. The van der Waals surface area contributed by atoms with Crippen LogP contribution in [-0.4, -0.2) is 7.11 Å². The van der Waals surface area contributed by atoms with Gasteiger partial charge in [-0.25, -0.2) is 4.39 Å². The van der Waals surface area contributed by atoms with Crippen molar-refractivity contribution in [2.24, 2.45) is 0 Å². The molecule has 2 nitrogen and oxygen atoms in total. The molecule has 0 bridgehead atoms. The van der Waals surface area contributed by atoms with Gasteiger partial charge in [-0.15, -0.1) is 0 Å². The molecule has 0 atom stereocenters. The van der Waals surface area contributed by atoms with Gasteiger partial charge in [-0.3, -0.25) is 0 Å². The first-order chi connectivity index (χ1) is 7.13. The predicted molar refractivity (Wildman–Crippen MR) is 57.2 cm³/mol. The van der Waals surface area contributed by atoms with E-state index in [1.54, 1.807) is 6.07 Å². The van der Waals surface area contributed by atoms with Crippen molar-refractivity contribution in [1.29, 1.82) is 5.26 Å². The SMILES string of the molecule is COc1c(F)cc(Br)cc1C1(C#N)CC1. The molecule has 15 heavy (non-hydrogen) atoms. The zero-order valence-corrected chi connectivity index (χ0v) is 9.77. The molecule has 0 aromatic heterocycles. The Kier molecular flexibility index (Phi) is 2.43. The molecule has 0 saturated heterocycles. The van der Waals surface area contributed by atoms with Gasteiger partial charge in [-0.2, -0.15) is 5.26 Å². The maximum Gasteiger partial charge on any atom is 0.166 e. The highest BCUT2D eigenvalue weighted by atomic mass is 79.9. The van der Waals surface area contributed by atoms with Crippen molar-refractivity contribution in [3.63, 3.8) is 0 Å². The third-order valence-electron chi connectivity index (χ3n) is 2.69. The highest BCUT2D eigenvalue weighted by molar-refractivity contribution is 9.10. The van der Waals surface area contributed by atoms with E-state index in [0.717, 1.165) is 12.8 Å². The van der Waals surface area contributed by atoms with Crippen molar-refractivity contribution in [2.45, 2.75) is 18.3 Å². The standard InChI is InChI=1S/C11H9BrFNO/c1-15-10-8(11(6-14)2-3-11)4-7(12)5-9(10)13/h4-5H,2-3H2,1H3. The van der Waals surface area contributed by atoms with Gasteiger partial charge in [-0.1, -0.05) is 15.9 Å². The Morgan fingerprint density at radius 1 is 1.53 bits per heavy atom. The summed E-state index contributed by atoms with van der Waals surface area (Å²) in [5.74, 6) is -0.236.